The van der Waals surface area contributed by atoms with E-state index in [0.717, 1.165) is 0 Å². The molecule has 1 saturated carbocycles. The van der Waals surface area contributed by atoms with Crippen molar-refractivity contribution in [2.24, 2.45) is 5.92 Å². The van der Waals surface area contributed by atoms with E-state index >= 15 is 0 Å². The van der Waals surface area contributed by atoms with E-state index < -0.39 is 7.92 Å². The van der Waals surface area contributed by atoms with Crippen LogP contribution < -0.4 is 21.2 Å². The third-order valence-electron chi connectivity index (χ3n) is 6.44. The fourth-order valence-corrected chi connectivity index (χ4v) is 6.52. The van der Waals surface area contributed by atoms with Gasteiger partial charge in [-0.1, -0.05) is 105 Å². The Labute approximate surface area is 281 Å². The zero-order chi connectivity index (χ0) is 32.2. The van der Waals surface area contributed by atoms with Gasteiger partial charge in [0, 0.05) is 22.6 Å². The molecule has 5 radical (unpaired) electrons. The molecule has 3 aromatic carbocycles. The first kappa shape index (κ1) is 39.8. The molecule has 235 valence electrons. The molecule has 0 saturated heterocycles. The number of carbonyl (C=O) groups is 1. The van der Waals surface area contributed by atoms with Crippen molar-refractivity contribution in [3.05, 3.63) is 153 Å². The molecule has 0 bridgehead atoms. The fraction of sp³-hybridized carbons (Fsp3) is 0.189. The maximum absolute atomic E-state index is 12.0. The van der Waals surface area contributed by atoms with Crippen LogP contribution in [-0.2, 0) is 31.3 Å². The number of rotatable bonds is 8. The number of amides is 1. The standard InChI is InChI=1S/C18H15P.C13H19N2O3.C5H5.CO.Fe/c1-4-10-16(11-5-1)19(17-12-6-2-7-13-17)18-14-8-3-9-15-18;1-9(2)12(8-17)14-13(18)11-4-10(7-16)5-15(3)6-11;1-2-4-5-3-1;1-2;/h1-15H;5-6,9,12,17H,4,8H2,1-3H3,(H,14,18);1-5H;;/q;-1;;;/t;12-;;;/m.1.../s1. The van der Waals surface area contributed by atoms with E-state index in [1.807, 2.05) is 52.2 Å². The predicted octanol–water partition coefficient (Wildman–Crippen LogP) is 4.76. The molecule has 5 rings (SSSR count). The van der Waals surface area contributed by atoms with E-state index in [1.54, 1.807) is 24.3 Å². The normalized spacial score (nSPS) is 14.0. The van der Waals surface area contributed by atoms with Gasteiger partial charge >= 0.3 is 11.3 Å². The molecule has 1 aliphatic carbocycles. The maximum Gasteiger partial charge on any atom is 0 e. The van der Waals surface area contributed by atoms with Gasteiger partial charge in [-0.25, -0.2) is 0 Å². The first-order valence-corrected chi connectivity index (χ1v) is 15.5. The summed E-state index contributed by atoms with van der Waals surface area (Å²) in [5.74, 6) is -0.107. The molecular weight excluding hydrogens is 623 g/mol. The third kappa shape index (κ3) is 14.1. The fourth-order valence-electron chi connectivity index (χ4n) is 4.21. The van der Waals surface area contributed by atoms with E-state index in [4.69, 9.17) is 4.65 Å². The maximum atomic E-state index is 12.0. The van der Waals surface area contributed by atoms with Crippen LogP contribution in [0.1, 0.15) is 20.3 Å². The number of hydrogen-bond acceptors (Lipinski definition) is 4. The molecule has 0 spiro atoms. The van der Waals surface area contributed by atoms with E-state index in [2.05, 4.69) is 103 Å². The molecule has 2 N–H and O–H groups in total. The van der Waals surface area contributed by atoms with Gasteiger partial charge in [-0.2, -0.15) is 5.57 Å². The van der Waals surface area contributed by atoms with E-state index in [1.165, 1.54) is 15.9 Å². The number of carbonyl (C=O) groups excluding carboxylic acids is 2. The molecule has 1 fully saturated rings. The van der Waals surface area contributed by atoms with Gasteiger partial charge in [-0.15, -0.1) is 6.20 Å². The molecule has 1 amide bonds. The van der Waals surface area contributed by atoms with Crippen molar-refractivity contribution in [2.75, 3.05) is 13.7 Å². The monoisotopic (exact) mass is 662 g/mol. The van der Waals surface area contributed by atoms with Crippen LogP contribution >= 0.6 is 7.92 Å². The summed E-state index contributed by atoms with van der Waals surface area (Å²) < 4.78 is 7.50. The second-order valence-electron chi connectivity index (χ2n) is 10.1. The molecular formula is C37H39FeN2O4P-. The van der Waals surface area contributed by atoms with Crippen LogP contribution in [0.15, 0.2) is 115 Å². The quantitative estimate of drug-likeness (QED) is 0.158. The second kappa shape index (κ2) is 23.1. The molecule has 45 heavy (non-hydrogen) atoms. The molecule has 1 aliphatic heterocycles. The minimum atomic E-state index is -0.446. The Morgan fingerprint density at radius 3 is 1.58 bits per heavy atom. The topological polar surface area (TPSA) is 89.5 Å². The van der Waals surface area contributed by atoms with Crippen LogP contribution in [0.4, 0.5) is 0 Å². The molecule has 1 atom stereocenters. The summed E-state index contributed by atoms with van der Waals surface area (Å²) in [7, 11) is 1.30. The Bertz CT molecular complexity index is 1230. The predicted molar refractivity (Wildman–Crippen MR) is 179 cm³/mol. The average Bonchev–Trinajstić information content (AvgIpc) is 3.67. The number of allylic oxidation sites excluding steroid dienone is 1. The van der Waals surface area contributed by atoms with E-state index in [9.17, 15) is 14.7 Å². The minimum Gasteiger partial charge on any atom is -0.0622 e. The molecule has 1 heterocycles. The van der Waals surface area contributed by atoms with Crippen LogP contribution in [-0.4, -0.2) is 41.9 Å². The van der Waals surface area contributed by atoms with Crippen LogP contribution in [0.3, 0.4) is 0 Å². The SMILES string of the molecule is CC(C)[C@@H](CO)NC(=O)C1=CN(C)C=C([C-]=O)C1.[C-]#[O+].[CH]1[CH][CH][CH][CH]1.[Fe].c1ccc(P(c2ccccc2)c2ccccc2)cc1. The summed E-state index contributed by atoms with van der Waals surface area (Å²) in [6.07, 6.45) is 15.4. The first-order chi connectivity index (χ1) is 21.4. The Morgan fingerprint density at radius 2 is 1.24 bits per heavy atom. The third-order valence-corrected chi connectivity index (χ3v) is 8.88. The van der Waals surface area contributed by atoms with Gasteiger partial charge in [0.15, 0.2) is 0 Å². The Hall–Kier alpha value is -3.27. The van der Waals surface area contributed by atoms with Gasteiger partial charge in [0.2, 0.25) is 5.91 Å². The van der Waals surface area contributed by atoms with E-state index in [-0.39, 0.29) is 48.0 Å². The number of nitrogens with zero attached hydrogens (tertiary/aromatic N) is 1. The van der Waals surface area contributed by atoms with Crippen molar-refractivity contribution in [1.29, 1.82) is 0 Å². The van der Waals surface area contributed by atoms with Crippen molar-refractivity contribution >= 4 is 36.0 Å². The van der Waals surface area contributed by atoms with Gasteiger partial charge < -0.3 is 20.1 Å². The molecule has 2 aliphatic rings. The van der Waals surface area contributed by atoms with Crippen molar-refractivity contribution in [1.82, 2.24) is 10.2 Å². The van der Waals surface area contributed by atoms with Gasteiger partial charge in [-0.3, -0.25) is 4.79 Å². The molecule has 0 unspecified atom stereocenters. The Morgan fingerprint density at radius 1 is 0.844 bits per heavy atom. The summed E-state index contributed by atoms with van der Waals surface area (Å²) in [6, 6.07) is 32.0. The summed E-state index contributed by atoms with van der Waals surface area (Å²) >= 11 is 0. The largest absolute Gasteiger partial charge is 0.0622 e. The molecule has 3 aromatic rings. The summed E-state index contributed by atoms with van der Waals surface area (Å²) in [5, 5.41) is 16.1. The number of hydrogen-bond donors (Lipinski definition) is 2. The van der Waals surface area contributed by atoms with Gasteiger partial charge in [0.1, 0.15) is 0 Å². The van der Waals surface area contributed by atoms with Crippen molar-refractivity contribution in [2.45, 2.75) is 26.3 Å². The van der Waals surface area contributed by atoms with Gasteiger partial charge in [0.05, 0.1) is 12.6 Å². The summed E-state index contributed by atoms with van der Waals surface area (Å²) in [4.78, 5) is 24.3. The summed E-state index contributed by atoms with van der Waals surface area (Å²) in [5.41, 5.74) is 0.938. The number of aliphatic hydroxyl groups excluding tert-OH is 1. The van der Waals surface area contributed by atoms with Gasteiger partial charge in [0.25, 0.3) is 0 Å². The van der Waals surface area contributed by atoms with Gasteiger partial charge in [-0.05, 0) is 87.8 Å². The van der Waals surface area contributed by atoms with Crippen molar-refractivity contribution < 1.29 is 36.4 Å². The zero-order valence-corrected chi connectivity index (χ0v) is 27.7. The van der Waals surface area contributed by atoms with Crippen LogP contribution in [0.2, 0.25) is 0 Å². The molecule has 6 nitrogen and oxygen atoms in total. The van der Waals surface area contributed by atoms with Crippen molar-refractivity contribution in [3.63, 3.8) is 0 Å². The number of benzene rings is 3. The van der Waals surface area contributed by atoms with Crippen LogP contribution in [0.5, 0.6) is 0 Å². The Balaban J connectivity index is 0.000000365. The second-order valence-corrected chi connectivity index (χ2v) is 12.3. The zero-order valence-electron chi connectivity index (χ0n) is 25.7. The number of nitrogens with one attached hydrogen (secondary N) is 1. The minimum absolute atomic E-state index is 0. The molecule has 8 heteroatoms. The van der Waals surface area contributed by atoms with Crippen molar-refractivity contribution in [3.8, 4) is 0 Å². The summed E-state index contributed by atoms with van der Waals surface area (Å²) in [6.45, 7) is 8.25. The van der Waals surface area contributed by atoms with Crippen LogP contribution in [0, 0.1) is 44.7 Å². The molecule has 0 aromatic heterocycles. The number of aliphatic hydroxyl groups is 1. The van der Waals surface area contributed by atoms with Crippen LogP contribution in [0.25, 0.3) is 0 Å². The average molecular weight is 663 g/mol. The Kier molecular flexibility index (Phi) is 20.4. The smallest absolute Gasteiger partial charge is 0 e. The first-order valence-electron chi connectivity index (χ1n) is 14.2. The van der Waals surface area contributed by atoms with E-state index in [0.29, 0.717) is 11.1 Å².